The molecule has 2 aromatic heterocycles. The standard InChI is InChI=1S/C26H27BrCl2N6O3/c1-15-5-22(31-33(15)12-18-20(28)3-2-4-21(18)29)30-23(36)11-25-7-16-6-17(8-25)10-26(9-16,14-25)34-13-19(27)24(32-34)35(37)38/h2-5,13,16-17H,6-12,14H2,1H3,(H,30,31,36). The molecular weight excluding hydrogens is 595 g/mol. The highest BCUT2D eigenvalue weighted by atomic mass is 79.9. The van der Waals surface area contributed by atoms with Crippen LogP contribution in [0, 0.1) is 34.3 Å². The molecule has 0 spiro atoms. The summed E-state index contributed by atoms with van der Waals surface area (Å²) in [5.74, 6) is 1.27. The summed E-state index contributed by atoms with van der Waals surface area (Å²) in [6, 6.07) is 7.24. The van der Waals surface area contributed by atoms with Gasteiger partial charge in [-0.05, 0) is 95.7 Å². The minimum Gasteiger partial charge on any atom is -0.358 e. The Hall–Kier alpha value is -2.43. The van der Waals surface area contributed by atoms with Crippen LogP contribution in [0.25, 0.3) is 0 Å². The van der Waals surface area contributed by atoms with E-state index >= 15 is 0 Å². The first kappa shape index (κ1) is 25.8. The zero-order valence-electron chi connectivity index (χ0n) is 20.8. The van der Waals surface area contributed by atoms with Gasteiger partial charge in [0.15, 0.2) is 5.82 Å². The quantitative estimate of drug-likeness (QED) is 0.232. The molecule has 200 valence electrons. The molecule has 2 heterocycles. The van der Waals surface area contributed by atoms with Crippen molar-refractivity contribution < 1.29 is 9.72 Å². The fraction of sp³-hybridized carbons (Fsp3) is 0.500. The highest BCUT2D eigenvalue weighted by molar-refractivity contribution is 9.10. The minimum atomic E-state index is -0.453. The Labute approximate surface area is 238 Å². The van der Waals surface area contributed by atoms with Crippen LogP contribution in [-0.2, 0) is 16.9 Å². The third kappa shape index (κ3) is 4.54. The number of carbonyl (C=O) groups is 1. The second kappa shape index (κ2) is 9.34. The molecule has 9 nitrogen and oxygen atoms in total. The Bertz CT molecular complexity index is 1420. The van der Waals surface area contributed by atoms with Crippen molar-refractivity contribution in [3.63, 3.8) is 0 Å². The van der Waals surface area contributed by atoms with E-state index in [0.717, 1.165) is 49.8 Å². The van der Waals surface area contributed by atoms with Gasteiger partial charge < -0.3 is 15.4 Å². The van der Waals surface area contributed by atoms with E-state index in [0.29, 0.717) is 45.1 Å². The normalized spacial score (nSPS) is 27.6. The Morgan fingerprint density at radius 2 is 1.89 bits per heavy atom. The smallest absolute Gasteiger partial charge is 0.358 e. The summed E-state index contributed by atoms with van der Waals surface area (Å²) in [5, 5.41) is 24.6. The third-order valence-electron chi connectivity index (χ3n) is 8.62. The van der Waals surface area contributed by atoms with Crippen molar-refractivity contribution in [2.24, 2.45) is 17.3 Å². The number of halogens is 3. The van der Waals surface area contributed by atoms with Crippen molar-refractivity contribution in [1.29, 1.82) is 0 Å². The second-order valence-electron chi connectivity index (χ2n) is 11.4. The van der Waals surface area contributed by atoms with Crippen molar-refractivity contribution in [1.82, 2.24) is 19.6 Å². The van der Waals surface area contributed by atoms with Gasteiger partial charge in [-0.2, -0.15) is 9.78 Å². The molecule has 4 fully saturated rings. The summed E-state index contributed by atoms with van der Waals surface area (Å²) in [5.41, 5.74) is 1.23. The van der Waals surface area contributed by atoms with E-state index in [1.807, 2.05) is 17.7 Å². The Balaban J connectivity index is 1.19. The minimum absolute atomic E-state index is 0.0600. The first-order valence-corrected chi connectivity index (χ1v) is 14.3. The third-order valence-corrected chi connectivity index (χ3v) is 9.88. The van der Waals surface area contributed by atoms with Crippen LogP contribution in [0.2, 0.25) is 10.0 Å². The SMILES string of the molecule is Cc1cc(NC(=O)CC23CC4CC(C2)CC(n2cc(Br)c([N+](=O)[O-])n2)(C4)C3)nn1Cc1c(Cl)cccc1Cl. The monoisotopic (exact) mass is 620 g/mol. The molecule has 12 heteroatoms. The topological polar surface area (TPSA) is 108 Å². The number of aromatic nitrogens is 4. The Kier molecular flexibility index (Phi) is 6.35. The number of hydrogen-bond donors (Lipinski definition) is 1. The van der Waals surface area contributed by atoms with Crippen LogP contribution in [0.1, 0.15) is 56.2 Å². The number of nitrogens with one attached hydrogen (secondary N) is 1. The molecular formula is C26H27BrCl2N6O3. The van der Waals surface area contributed by atoms with Crippen LogP contribution in [0.15, 0.2) is 34.9 Å². The van der Waals surface area contributed by atoms with E-state index in [1.165, 1.54) is 0 Å². The number of benzene rings is 1. The second-order valence-corrected chi connectivity index (χ2v) is 13.1. The lowest BCUT2D eigenvalue weighted by Crippen LogP contribution is -2.57. The van der Waals surface area contributed by atoms with Crippen LogP contribution in [0.5, 0.6) is 0 Å². The van der Waals surface area contributed by atoms with Gasteiger partial charge in [-0.15, -0.1) is 0 Å². The predicted molar refractivity (Wildman–Crippen MR) is 147 cm³/mol. The van der Waals surface area contributed by atoms with Crippen LogP contribution in [0.4, 0.5) is 11.6 Å². The molecule has 0 saturated heterocycles. The maximum Gasteiger partial charge on any atom is 0.404 e. The van der Waals surface area contributed by atoms with Crippen LogP contribution >= 0.6 is 39.1 Å². The first-order valence-electron chi connectivity index (χ1n) is 12.7. The van der Waals surface area contributed by atoms with Crippen molar-refractivity contribution in [3.05, 3.63) is 66.4 Å². The number of hydrogen-bond acceptors (Lipinski definition) is 5. The van der Waals surface area contributed by atoms with Crippen LogP contribution in [-0.4, -0.2) is 30.4 Å². The van der Waals surface area contributed by atoms with Gasteiger partial charge in [-0.25, -0.2) is 0 Å². The number of anilines is 1. The van der Waals surface area contributed by atoms with Gasteiger partial charge in [-0.3, -0.25) is 9.48 Å². The molecule has 4 saturated carbocycles. The Morgan fingerprint density at radius 1 is 1.21 bits per heavy atom. The van der Waals surface area contributed by atoms with E-state index < -0.39 is 4.92 Å². The molecule has 1 aromatic carbocycles. The van der Waals surface area contributed by atoms with Crippen molar-refractivity contribution >= 4 is 56.7 Å². The molecule has 4 aliphatic carbocycles. The molecule has 38 heavy (non-hydrogen) atoms. The fourth-order valence-electron chi connectivity index (χ4n) is 7.68. The van der Waals surface area contributed by atoms with Gasteiger partial charge >= 0.3 is 5.82 Å². The molecule has 0 aliphatic heterocycles. The maximum atomic E-state index is 13.4. The largest absolute Gasteiger partial charge is 0.404 e. The summed E-state index contributed by atoms with van der Waals surface area (Å²) in [6.07, 6.45) is 8.00. The highest BCUT2D eigenvalue weighted by Crippen LogP contribution is 2.65. The van der Waals surface area contributed by atoms with Crippen molar-refractivity contribution in [2.45, 2.75) is 64.0 Å². The van der Waals surface area contributed by atoms with Crippen LogP contribution in [0.3, 0.4) is 0 Å². The molecule has 4 aliphatic rings. The molecule has 1 N–H and O–H groups in total. The predicted octanol–water partition coefficient (Wildman–Crippen LogP) is 6.74. The lowest BCUT2D eigenvalue weighted by molar-refractivity contribution is -0.390. The number of aryl methyl sites for hydroxylation is 1. The molecule has 1 amide bonds. The number of amides is 1. The molecule has 3 aromatic rings. The van der Waals surface area contributed by atoms with Gasteiger partial charge in [0.1, 0.15) is 4.47 Å². The molecule has 2 atom stereocenters. The molecule has 2 unspecified atom stereocenters. The summed E-state index contributed by atoms with van der Waals surface area (Å²) >= 11 is 16.0. The molecule has 0 radical (unpaired) electrons. The van der Waals surface area contributed by atoms with Crippen molar-refractivity contribution in [2.75, 3.05) is 5.32 Å². The zero-order chi connectivity index (χ0) is 26.8. The maximum absolute atomic E-state index is 13.4. The van der Waals surface area contributed by atoms with Gasteiger partial charge in [0.05, 0.1) is 23.4 Å². The van der Waals surface area contributed by atoms with Gasteiger partial charge in [0, 0.05) is 33.8 Å². The van der Waals surface area contributed by atoms with E-state index in [2.05, 4.69) is 31.4 Å². The Morgan fingerprint density at radius 3 is 2.53 bits per heavy atom. The summed E-state index contributed by atoms with van der Waals surface area (Å²) in [6.45, 7) is 2.33. The summed E-state index contributed by atoms with van der Waals surface area (Å²) < 4.78 is 4.00. The first-order chi connectivity index (χ1) is 18.0. The number of nitrogens with zero attached hydrogens (tertiary/aromatic N) is 5. The zero-order valence-corrected chi connectivity index (χ0v) is 23.9. The lowest BCUT2D eigenvalue weighted by Gasteiger charge is -2.61. The van der Waals surface area contributed by atoms with Crippen LogP contribution < -0.4 is 5.32 Å². The van der Waals surface area contributed by atoms with E-state index in [4.69, 9.17) is 23.2 Å². The lowest BCUT2D eigenvalue weighted by atomic mass is 9.46. The van der Waals surface area contributed by atoms with E-state index in [-0.39, 0.29) is 22.7 Å². The summed E-state index contributed by atoms with van der Waals surface area (Å²) in [7, 11) is 0. The average Bonchev–Trinajstić information content (AvgIpc) is 3.37. The number of rotatable bonds is 7. The van der Waals surface area contributed by atoms with E-state index in [9.17, 15) is 14.9 Å². The summed E-state index contributed by atoms with van der Waals surface area (Å²) in [4.78, 5) is 24.3. The number of carbonyl (C=O) groups excluding carboxylic acids is 1. The van der Waals surface area contributed by atoms with Gasteiger partial charge in [0.2, 0.25) is 5.91 Å². The van der Waals surface area contributed by atoms with Gasteiger partial charge in [-0.1, -0.05) is 29.3 Å². The highest BCUT2D eigenvalue weighted by Gasteiger charge is 2.60. The van der Waals surface area contributed by atoms with Gasteiger partial charge in [0.25, 0.3) is 0 Å². The average molecular weight is 622 g/mol. The van der Waals surface area contributed by atoms with Crippen molar-refractivity contribution in [3.8, 4) is 0 Å². The fourth-order valence-corrected chi connectivity index (χ4v) is 8.61. The molecule has 4 bridgehead atoms. The van der Waals surface area contributed by atoms with E-state index in [1.54, 1.807) is 29.1 Å². The number of nitro groups is 1. The molecule has 7 rings (SSSR count).